The summed E-state index contributed by atoms with van der Waals surface area (Å²) in [4.78, 5) is 29.4. The van der Waals surface area contributed by atoms with Crippen molar-refractivity contribution in [1.82, 2.24) is 9.88 Å². The second kappa shape index (κ2) is 6.65. The van der Waals surface area contributed by atoms with Crippen LogP contribution in [0.3, 0.4) is 0 Å². The van der Waals surface area contributed by atoms with E-state index in [1.807, 2.05) is 30.3 Å². The highest BCUT2D eigenvalue weighted by Crippen LogP contribution is 2.38. The van der Waals surface area contributed by atoms with E-state index in [0.717, 1.165) is 24.1 Å². The molecule has 5 nitrogen and oxygen atoms in total. The molecule has 1 saturated heterocycles. The van der Waals surface area contributed by atoms with E-state index in [2.05, 4.69) is 4.98 Å². The van der Waals surface area contributed by atoms with Crippen molar-refractivity contribution < 1.29 is 9.53 Å². The number of nitrogens with zero attached hydrogens (tertiary/aromatic N) is 1. The van der Waals surface area contributed by atoms with E-state index in [1.165, 1.54) is 6.07 Å². The summed E-state index contributed by atoms with van der Waals surface area (Å²) < 4.78 is 5.81. The Labute approximate surface area is 150 Å². The Hall–Kier alpha value is -2.11. The van der Waals surface area contributed by atoms with E-state index in [1.54, 1.807) is 4.90 Å². The molecule has 0 radical (unpaired) electrons. The summed E-state index contributed by atoms with van der Waals surface area (Å²) in [5.41, 5.74) is 2.11. The molecule has 2 fully saturated rings. The number of amides is 1. The number of nitrogens with one attached hydrogen (secondary N) is 1. The molecule has 130 valence electrons. The third-order valence-corrected chi connectivity index (χ3v) is 4.98. The second-order valence-corrected chi connectivity index (χ2v) is 7.06. The van der Waals surface area contributed by atoms with Gasteiger partial charge in [-0.05, 0) is 42.5 Å². The molecule has 1 amide bonds. The molecule has 0 spiro atoms. The number of morpholine rings is 1. The first-order valence-corrected chi connectivity index (χ1v) is 8.88. The van der Waals surface area contributed by atoms with Gasteiger partial charge >= 0.3 is 0 Å². The fourth-order valence-corrected chi connectivity index (χ4v) is 3.32. The van der Waals surface area contributed by atoms with Crippen molar-refractivity contribution in [2.24, 2.45) is 0 Å². The number of rotatable bonds is 3. The number of aromatic nitrogens is 1. The van der Waals surface area contributed by atoms with Gasteiger partial charge in [0.2, 0.25) is 5.56 Å². The van der Waals surface area contributed by atoms with Crippen LogP contribution in [0.25, 0.3) is 0 Å². The summed E-state index contributed by atoms with van der Waals surface area (Å²) in [7, 11) is 0. The molecule has 1 aromatic carbocycles. The molecule has 25 heavy (non-hydrogen) atoms. The van der Waals surface area contributed by atoms with Crippen molar-refractivity contribution in [2.75, 3.05) is 19.7 Å². The fourth-order valence-electron chi connectivity index (χ4n) is 3.20. The predicted molar refractivity (Wildman–Crippen MR) is 95.1 cm³/mol. The molecule has 2 heterocycles. The lowest BCUT2D eigenvalue weighted by molar-refractivity contribution is -0.0228. The molecular formula is C19H19ClN2O3. The number of hydrogen-bond donors (Lipinski definition) is 1. The van der Waals surface area contributed by atoms with Gasteiger partial charge in [-0.25, -0.2) is 0 Å². The molecule has 1 saturated carbocycles. The first kappa shape index (κ1) is 16.4. The number of hydrogen-bond acceptors (Lipinski definition) is 3. The number of halogens is 1. The predicted octanol–water partition coefficient (Wildman–Crippen LogP) is 3.12. The van der Waals surface area contributed by atoms with Crippen LogP contribution in [0, 0.1) is 0 Å². The third-order valence-electron chi connectivity index (χ3n) is 4.72. The maximum atomic E-state index is 12.9. The lowest BCUT2D eigenvalue weighted by Gasteiger charge is -2.33. The van der Waals surface area contributed by atoms with Crippen molar-refractivity contribution in [3.8, 4) is 0 Å². The minimum atomic E-state index is -0.213. The van der Waals surface area contributed by atoms with Gasteiger partial charge in [0, 0.05) is 28.9 Å². The van der Waals surface area contributed by atoms with Gasteiger partial charge in [-0.15, -0.1) is 0 Å². The number of pyridine rings is 1. The fraction of sp³-hybridized carbons (Fsp3) is 0.368. The maximum Gasteiger partial charge on any atom is 0.254 e. The molecule has 1 atom stereocenters. The standard InChI is InChI=1S/C19H19ClN2O3/c20-15-5-3-13(4-6-15)17-11-22(7-8-25-17)19(24)14-9-16(12-1-2-12)21-18(23)10-14/h3-6,9-10,12,17H,1-2,7-8,11H2,(H,21,23)/t17-/m1/s1. The summed E-state index contributed by atoms with van der Waals surface area (Å²) in [5.74, 6) is 0.280. The highest BCUT2D eigenvalue weighted by atomic mass is 35.5. The molecule has 6 heteroatoms. The second-order valence-electron chi connectivity index (χ2n) is 6.63. The number of H-pyrrole nitrogens is 1. The van der Waals surface area contributed by atoms with Crippen LogP contribution in [0.2, 0.25) is 5.02 Å². The van der Waals surface area contributed by atoms with Gasteiger partial charge in [-0.3, -0.25) is 9.59 Å². The zero-order chi connectivity index (χ0) is 17.4. The Balaban J connectivity index is 1.53. The topological polar surface area (TPSA) is 62.4 Å². The lowest BCUT2D eigenvalue weighted by atomic mass is 10.1. The van der Waals surface area contributed by atoms with E-state index < -0.39 is 0 Å². The quantitative estimate of drug-likeness (QED) is 0.917. The zero-order valence-corrected chi connectivity index (χ0v) is 14.5. The van der Waals surface area contributed by atoms with Gasteiger partial charge < -0.3 is 14.6 Å². The SMILES string of the molecule is O=C(c1cc(C2CC2)[nH]c(=O)c1)N1CCO[C@@H](c2ccc(Cl)cc2)C1. The molecule has 2 aromatic rings. The smallest absolute Gasteiger partial charge is 0.254 e. The van der Waals surface area contributed by atoms with E-state index in [4.69, 9.17) is 16.3 Å². The van der Waals surface area contributed by atoms with Crippen molar-refractivity contribution in [3.05, 3.63) is 68.6 Å². The van der Waals surface area contributed by atoms with Crippen LogP contribution in [0.15, 0.2) is 41.2 Å². The lowest BCUT2D eigenvalue weighted by Crippen LogP contribution is -2.42. The minimum Gasteiger partial charge on any atom is -0.370 e. The summed E-state index contributed by atoms with van der Waals surface area (Å²) >= 11 is 5.93. The van der Waals surface area contributed by atoms with Crippen LogP contribution in [0.4, 0.5) is 0 Å². The third kappa shape index (κ3) is 3.62. The molecule has 1 N–H and O–H groups in total. The van der Waals surface area contributed by atoms with E-state index in [9.17, 15) is 9.59 Å². The molecule has 1 aliphatic heterocycles. The van der Waals surface area contributed by atoms with Crippen LogP contribution >= 0.6 is 11.6 Å². The Morgan fingerprint density at radius 2 is 1.96 bits per heavy atom. The van der Waals surface area contributed by atoms with Crippen LogP contribution in [-0.2, 0) is 4.74 Å². The van der Waals surface area contributed by atoms with E-state index in [-0.39, 0.29) is 17.6 Å². The van der Waals surface area contributed by atoms with Gasteiger partial charge in [-0.2, -0.15) is 0 Å². The van der Waals surface area contributed by atoms with Crippen molar-refractivity contribution in [1.29, 1.82) is 0 Å². The van der Waals surface area contributed by atoms with Crippen molar-refractivity contribution in [2.45, 2.75) is 24.9 Å². The van der Waals surface area contributed by atoms with Crippen LogP contribution in [-0.4, -0.2) is 35.5 Å². The maximum absolute atomic E-state index is 12.9. The van der Waals surface area contributed by atoms with Gasteiger partial charge in [0.05, 0.1) is 13.2 Å². The Morgan fingerprint density at radius 1 is 1.20 bits per heavy atom. The average molecular weight is 359 g/mol. The summed E-state index contributed by atoms with van der Waals surface area (Å²) in [6, 6.07) is 10.7. The van der Waals surface area contributed by atoms with E-state index in [0.29, 0.717) is 36.2 Å². The van der Waals surface area contributed by atoms with E-state index >= 15 is 0 Å². The Bertz CT molecular complexity index is 842. The van der Waals surface area contributed by atoms with Crippen LogP contribution in [0.1, 0.15) is 46.5 Å². The Morgan fingerprint density at radius 3 is 2.68 bits per heavy atom. The summed E-state index contributed by atoms with van der Waals surface area (Å²) in [6.07, 6.45) is 1.97. The van der Waals surface area contributed by atoms with Crippen LogP contribution < -0.4 is 5.56 Å². The number of carbonyl (C=O) groups is 1. The molecule has 2 aliphatic rings. The number of aromatic amines is 1. The number of ether oxygens (including phenoxy) is 1. The zero-order valence-electron chi connectivity index (χ0n) is 13.7. The molecule has 1 aliphatic carbocycles. The first-order valence-electron chi connectivity index (χ1n) is 8.51. The van der Waals surface area contributed by atoms with Crippen LogP contribution in [0.5, 0.6) is 0 Å². The molecule has 0 bridgehead atoms. The monoisotopic (exact) mass is 358 g/mol. The highest BCUT2D eigenvalue weighted by molar-refractivity contribution is 6.30. The molecular weight excluding hydrogens is 340 g/mol. The minimum absolute atomic E-state index is 0.115. The molecule has 1 aromatic heterocycles. The normalized spacial score (nSPS) is 20.5. The highest BCUT2D eigenvalue weighted by Gasteiger charge is 2.29. The van der Waals surface area contributed by atoms with Gasteiger partial charge in [0.1, 0.15) is 6.10 Å². The van der Waals surface area contributed by atoms with Crippen molar-refractivity contribution in [3.63, 3.8) is 0 Å². The summed E-state index contributed by atoms with van der Waals surface area (Å²) in [6.45, 7) is 1.46. The van der Waals surface area contributed by atoms with Crippen molar-refractivity contribution >= 4 is 17.5 Å². The Kier molecular flexibility index (Phi) is 4.36. The van der Waals surface area contributed by atoms with Gasteiger partial charge in [0.15, 0.2) is 0 Å². The molecule has 0 unspecified atom stereocenters. The number of benzene rings is 1. The van der Waals surface area contributed by atoms with Gasteiger partial charge in [0.25, 0.3) is 5.91 Å². The first-order chi connectivity index (χ1) is 12.1. The average Bonchev–Trinajstić information content (AvgIpc) is 3.46. The van der Waals surface area contributed by atoms with Gasteiger partial charge in [-0.1, -0.05) is 23.7 Å². The summed E-state index contributed by atoms with van der Waals surface area (Å²) in [5, 5.41) is 0.670. The number of carbonyl (C=O) groups excluding carboxylic acids is 1. The molecule has 4 rings (SSSR count). The largest absolute Gasteiger partial charge is 0.370 e.